The number of carbonyl (C=O) groups excluding carboxylic acids is 2. The second kappa shape index (κ2) is 5.21. The Morgan fingerprint density at radius 3 is 2.73 bits per heavy atom. The maximum Gasteiger partial charge on any atom is 0.516 e. The van der Waals surface area contributed by atoms with Gasteiger partial charge in [0.1, 0.15) is 6.21 Å². The van der Waals surface area contributed by atoms with Crippen molar-refractivity contribution >= 4 is 18.3 Å². The van der Waals surface area contributed by atoms with Crippen LogP contribution in [-0.4, -0.2) is 24.9 Å². The zero-order valence-electron chi connectivity index (χ0n) is 5.94. The molecule has 6 nitrogen and oxygen atoms in total. The standard InChI is InChI=1S/C5H8N2O4/c1-2-10-5(9)11-4(8)3-7-6/h3H,2,6H2,1H3. The van der Waals surface area contributed by atoms with Crippen LogP contribution in [0, 0.1) is 0 Å². The van der Waals surface area contributed by atoms with E-state index in [4.69, 9.17) is 0 Å². The first-order valence-electron chi connectivity index (χ1n) is 2.82. The Balaban J connectivity index is 3.66. The summed E-state index contributed by atoms with van der Waals surface area (Å²) in [6.45, 7) is 1.73. The largest absolute Gasteiger partial charge is 0.516 e. The normalized spacial score (nSPS) is 9.55. The zero-order valence-corrected chi connectivity index (χ0v) is 5.94. The molecule has 0 unspecified atom stereocenters. The number of carbonyl (C=O) groups is 2. The van der Waals surface area contributed by atoms with Crippen molar-refractivity contribution in [3.63, 3.8) is 0 Å². The third-order valence-electron chi connectivity index (χ3n) is 0.626. The molecule has 0 saturated carbocycles. The lowest BCUT2D eigenvalue weighted by Crippen LogP contribution is -2.14. The molecule has 0 heterocycles. The van der Waals surface area contributed by atoms with Gasteiger partial charge in [-0.05, 0) is 6.92 Å². The second-order valence-corrected chi connectivity index (χ2v) is 1.38. The Bertz CT molecular complexity index is 177. The predicted molar refractivity (Wildman–Crippen MR) is 35.8 cm³/mol. The molecule has 0 fully saturated rings. The van der Waals surface area contributed by atoms with Gasteiger partial charge in [0.25, 0.3) is 0 Å². The highest BCUT2D eigenvalue weighted by molar-refractivity contribution is 6.24. The van der Waals surface area contributed by atoms with Crippen LogP contribution in [0.5, 0.6) is 0 Å². The lowest BCUT2D eigenvalue weighted by molar-refractivity contribution is -0.131. The van der Waals surface area contributed by atoms with E-state index in [2.05, 4.69) is 20.4 Å². The predicted octanol–water partition coefficient (Wildman–Crippen LogP) is -0.369. The van der Waals surface area contributed by atoms with Gasteiger partial charge in [0.05, 0.1) is 6.61 Å². The number of hydrogen-bond donors (Lipinski definition) is 1. The van der Waals surface area contributed by atoms with Crippen molar-refractivity contribution in [3.05, 3.63) is 0 Å². The molecule has 0 aromatic rings. The van der Waals surface area contributed by atoms with Gasteiger partial charge in [0.15, 0.2) is 0 Å². The summed E-state index contributed by atoms with van der Waals surface area (Å²) >= 11 is 0. The van der Waals surface area contributed by atoms with E-state index in [0.29, 0.717) is 6.21 Å². The fourth-order valence-corrected chi connectivity index (χ4v) is 0.317. The van der Waals surface area contributed by atoms with Crippen molar-refractivity contribution in [2.24, 2.45) is 10.9 Å². The minimum absolute atomic E-state index is 0.145. The average molecular weight is 160 g/mol. The molecule has 0 aliphatic heterocycles. The van der Waals surface area contributed by atoms with Crippen molar-refractivity contribution < 1.29 is 19.1 Å². The summed E-state index contributed by atoms with van der Waals surface area (Å²) in [6, 6.07) is 0. The summed E-state index contributed by atoms with van der Waals surface area (Å²) in [7, 11) is 0. The minimum atomic E-state index is -1.06. The van der Waals surface area contributed by atoms with Gasteiger partial charge in [-0.2, -0.15) is 5.10 Å². The van der Waals surface area contributed by atoms with Gasteiger partial charge in [0.2, 0.25) is 0 Å². The van der Waals surface area contributed by atoms with E-state index in [1.165, 1.54) is 0 Å². The Morgan fingerprint density at radius 1 is 1.64 bits per heavy atom. The lowest BCUT2D eigenvalue weighted by atomic mass is 10.8. The van der Waals surface area contributed by atoms with Gasteiger partial charge in [-0.3, -0.25) is 0 Å². The molecule has 0 atom stereocenters. The molecule has 0 aliphatic carbocycles. The molecule has 6 heteroatoms. The van der Waals surface area contributed by atoms with Crippen LogP contribution >= 0.6 is 0 Å². The number of hydrogen-bond acceptors (Lipinski definition) is 6. The number of nitrogens with zero attached hydrogens (tertiary/aromatic N) is 1. The molecular formula is C5H8N2O4. The molecule has 0 spiro atoms. The van der Waals surface area contributed by atoms with Crippen molar-refractivity contribution in [2.45, 2.75) is 6.92 Å². The summed E-state index contributed by atoms with van der Waals surface area (Å²) in [5.41, 5.74) is 0. The molecule has 0 saturated heterocycles. The molecule has 0 bridgehead atoms. The quantitative estimate of drug-likeness (QED) is 0.195. The van der Waals surface area contributed by atoms with Crippen LogP contribution in [0.25, 0.3) is 0 Å². The number of ether oxygens (including phenoxy) is 2. The molecule has 0 aromatic heterocycles. The summed E-state index contributed by atoms with van der Waals surface area (Å²) < 4.78 is 8.28. The van der Waals surface area contributed by atoms with Crippen molar-refractivity contribution in [3.8, 4) is 0 Å². The van der Waals surface area contributed by atoms with E-state index in [1.54, 1.807) is 6.92 Å². The van der Waals surface area contributed by atoms with E-state index in [9.17, 15) is 9.59 Å². The first-order chi connectivity index (χ1) is 5.20. The first-order valence-corrected chi connectivity index (χ1v) is 2.82. The van der Waals surface area contributed by atoms with Gasteiger partial charge in [-0.1, -0.05) is 0 Å². The maximum absolute atomic E-state index is 10.4. The number of rotatable bonds is 2. The van der Waals surface area contributed by atoms with Gasteiger partial charge in [-0.25, -0.2) is 9.59 Å². The van der Waals surface area contributed by atoms with Gasteiger partial charge in [-0.15, -0.1) is 0 Å². The monoisotopic (exact) mass is 160 g/mol. The van der Waals surface area contributed by atoms with Crippen molar-refractivity contribution in [2.75, 3.05) is 6.61 Å². The summed E-state index contributed by atoms with van der Waals surface area (Å²) in [5, 5.41) is 2.84. The Morgan fingerprint density at radius 2 is 2.27 bits per heavy atom. The smallest absolute Gasteiger partial charge is 0.434 e. The third kappa shape index (κ3) is 4.89. The molecular weight excluding hydrogens is 152 g/mol. The molecule has 2 N–H and O–H groups in total. The summed E-state index contributed by atoms with van der Waals surface area (Å²) in [4.78, 5) is 20.7. The van der Waals surface area contributed by atoms with Crippen LogP contribution in [0.1, 0.15) is 6.92 Å². The second-order valence-electron chi connectivity index (χ2n) is 1.38. The fraction of sp³-hybridized carbons (Fsp3) is 0.400. The van der Waals surface area contributed by atoms with Crippen LogP contribution in [-0.2, 0) is 14.3 Å². The van der Waals surface area contributed by atoms with Gasteiger partial charge >= 0.3 is 12.1 Å². The van der Waals surface area contributed by atoms with Gasteiger partial charge < -0.3 is 15.3 Å². The molecule has 0 aliphatic rings. The lowest BCUT2D eigenvalue weighted by Gasteiger charge is -1.97. The summed E-state index contributed by atoms with van der Waals surface area (Å²) in [5.74, 6) is 3.64. The molecule has 0 rings (SSSR count). The minimum Gasteiger partial charge on any atom is -0.434 e. The van der Waals surface area contributed by atoms with Crippen LogP contribution in [0.15, 0.2) is 5.10 Å². The van der Waals surface area contributed by atoms with E-state index in [0.717, 1.165) is 0 Å². The van der Waals surface area contributed by atoms with Crippen LogP contribution in [0.3, 0.4) is 0 Å². The van der Waals surface area contributed by atoms with Crippen molar-refractivity contribution in [1.29, 1.82) is 0 Å². The van der Waals surface area contributed by atoms with E-state index < -0.39 is 12.1 Å². The third-order valence-corrected chi connectivity index (χ3v) is 0.626. The van der Waals surface area contributed by atoms with E-state index >= 15 is 0 Å². The number of nitrogens with two attached hydrogens (primary N) is 1. The van der Waals surface area contributed by atoms with Crippen molar-refractivity contribution in [1.82, 2.24) is 0 Å². The molecule has 0 aromatic carbocycles. The summed E-state index contributed by atoms with van der Waals surface area (Å²) in [6.07, 6.45) is -0.394. The highest BCUT2D eigenvalue weighted by Gasteiger charge is 2.07. The molecule has 62 valence electrons. The van der Waals surface area contributed by atoms with E-state index in [1.807, 2.05) is 0 Å². The molecule has 0 amide bonds. The molecule has 11 heavy (non-hydrogen) atoms. The zero-order chi connectivity index (χ0) is 8.69. The van der Waals surface area contributed by atoms with Crippen LogP contribution in [0.4, 0.5) is 4.79 Å². The van der Waals surface area contributed by atoms with Crippen LogP contribution in [0.2, 0.25) is 0 Å². The highest BCUT2D eigenvalue weighted by atomic mass is 16.7. The Hall–Kier alpha value is -1.59. The Kier molecular flexibility index (Phi) is 4.46. The van der Waals surface area contributed by atoms with Crippen LogP contribution < -0.4 is 5.84 Å². The van der Waals surface area contributed by atoms with Gasteiger partial charge in [0, 0.05) is 0 Å². The number of esters is 1. The first kappa shape index (κ1) is 9.41. The Labute approximate surface area is 63.0 Å². The fourth-order valence-electron chi connectivity index (χ4n) is 0.317. The highest BCUT2D eigenvalue weighted by Crippen LogP contribution is 1.83. The molecule has 0 radical (unpaired) electrons. The maximum atomic E-state index is 10.4. The average Bonchev–Trinajstić information content (AvgIpc) is 1.87. The SMILES string of the molecule is CCOC(=O)OC(=O)C=NN. The number of hydrazone groups is 1. The van der Waals surface area contributed by atoms with E-state index in [-0.39, 0.29) is 6.61 Å². The topological polar surface area (TPSA) is 91.0 Å².